The summed E-state index contributed by atoms with van der Waals surface area (Å²) in [6, 6.07) is 18.3. The average molecular weight is 333 g/mol. The second kappa shape index (κ2) is 5.82. The summed E-state index contributed by atoms with van der Waals surface area (Å²) in [6.45, 7) is 4.19. The number of hydrogen-bond donors (Lipinski definition) is 0. The first-order valence-electron chi connectivity index (χ1n) is 7.66. The molecular formula is C19H21ClOS. The molecule has 0 spiro atoms. The minimum absolute atomic E-state index is 0.0554. The molecule has 1 saturated carbocycles. The Kier molecular flexibility index (Phi) is 4.17. The Morgan fingerprint density at radius 1 is 1.09 bits per heavy atom. The van der Waals surface area contributed by atoms with Crippen LogP contribution in [0.2, 0.25) is 0 Å². The van der Waals surface area contributed by atoms with Gasteiger partial charge in [-0.15, -0.1) is 11.6 Å². The molecule has 0 N–H and O–H groups in total. The maximum Gasteiger partial charge on any atom is 0.130 e. The third-order valence-electron chi connectivity index (χ3n) is 4.73. The Morgan fingerprint density at radius 3 is 2.36 bits per heavy atom. The Balaban J connectivity index is 1.70. The number of halogens is 1. The quantitative estimate of drug-likeness (QED) is 0.698. The van der Waals surface area contributed by atoms with Crippen molar-refractivity contribution in [1.82, 2.24) is 0 Å². The van der Waals surface area contributed by atoms with Crippen LogP contribution in [0, 0.1) is 12.3 Å². The number of rotatable bonds is 5. The summed E-state index contributed by atoms with van der Waals surface area (Å²) >= 11 is 6.74. The topological polar surface area (TPSA) is 17.1 Å². The largest absolute Gasteiger partial charge is 0.252 e. The fourth-order valence-corrected chi connectivity index (χ4v) is 5.35. The van der Waals surface area contributed by atoms with Gasteiger partial charge in [0.15, 0.2) is 0 Å². The molecule has 0 bridgehead atoms. The first-order valence-corrected chi connectivity index (χ1v) is 9.19. The Labute approximate surface area is 140 Å². The van der Waals surface area contributed by atoms with Crippen molar-refractivity contribution in [2.24, 2.45) is 5.41 Å². The highest BCUT2D eigenvalue weighted by molar-refractivity contribution is 7.88. The van der Waals surface area contributed by atoms with E-state index in [9.17, 15) is 4.21 Å². The molecule has 1 unspecified atom stereocenters. The molecule has 1 fully saturated rings. The predicted molar refractivity (Wildman–Crippen MR) is 93.7 cm³/mol. The van der Waals surface area contributed by atoms with Gasteiger partial charge in [-0.2, -0.15) is 0 Å². The molecule has 0 heterocycles. The summed E-state index contributed by atoms with van der Waals surface area (Å²) in [7, 11) is -1.16. The second-order valence-corrected chi connectivity index (χ2v) is 9.11. The third-order valence-corrected chi connectivity index (χ3v) is 7.67. The van der Waals surface area contributed by atoms with Crippen molar-refractivity contribution in [3.05, 3.63) is 65.7 Å². The molecule has 116 valence electrons. The highest BCUT2D eigenvalue weighted by atomic mass is 35.5. The molecule has 1 nitrogen and oxygen atoms in total. The van der Waals surface area contributed by atoms with Gasteiger partial charge in [-0.25, -0.2) is 0 Å². The van der Waals surface area contributed by atoms with E-state index < -0.39 is 15.0 Å². The molecule has 1 aliphatic rings. The van der Waals surface area contributed by atoms with Crippen LogP contribution in [0.3, 0.4) is 0 Å². The molecule has 2 aromatic carbocycles. The standard InChI is InChI=1S/C19H21ClOS/c1-15-8-10-17(11-9-15)22(21)19(20)14-18(19,2)13-12-16-6-4-3-5-7-16/h3-11H,12-14H2,1-2H3/t18-,19-,22?/m0/s1. The minimum atomic E-state index is -1.16. The highest BCUT2D eigenvalue weighted by Crippen LogP contribution is 2.66. The van der Waals surface area contributed by atoms with Gasteiger partial charge in [-0.05, 0) is 43.9 Å². The molecule has 3 heteroatoms. The van der Waals surface area contributed by atoms with Crippen LogP contribution in [-0.4, -0.2) is 8.42 Å². The monoisotopic (exact) mass is 332 g/mol. The molecule has 0 aliphatic heterocycles. The van der Waals surface area contributed by atoms with Gasteiger partial charge in [-0.3, -0.25) is 4.21 Å². The molecule has 0 aromatic heterocycles. The lowest BCUT2D eigenvalue weighted by molar-refractivity contribution is 0.508. The van der Waals surface area contributed by atoms with Crippen molar-refractivity contribution in [1.29, 1.82) is 0 Å². The first kappa shape index (κ1) is 15.8. The van der Waals surface area contributed by atoms with Gasteiger partial charge < -0.3 is 0 Å². The van der Waals surface area contributed by atoms with E-state index in [1.54, 1.807) is 0 Å². The summed E-state index contributed by atoms with van der Waals surface area (Å²) in [4.78, 5) is 0.837. The fourth-order valence-electron chi connectivity index (χ4n) is 2.94. The van der Waals surface area contributed by atoms with Crippen LogP contribution in [0.1, 0.15) is 30.9 Å². The van der Waals surface area contributed by atoms with Crippen LogP contribution in [0.4, 0.5) is 0 Å². The van der Waals surface area contributed by atoms with Gasteiger partial charge in [0.1, 0.15) is 4.21 Å². The van der Waals surface area contributed by atoms with E-state index in [2.05, 4.69) is 31.2 Å². The summed E-state index contributed by atoms with van der Waals surface area (Å²) in [5, 5.41) is 0. The van der Waals surface area contributed by atoms with E-state index >= 15 is 0 Å². The Bertz CT molecular complexity index is 682. The molecule has 0 amide bonds. The summed E-state index contributed by atoms with van der Waals surface area (Å²) < 4.78 is 12.2. The first-order chi connectivity index (χ1) is 10.4. The van der Waals surface area contributed by atoms with Crippen LogP contribution in [-0.2, 0) is 17.2 Å². The van der Waals surface area contributed by atoms with Crippen molar-refractivity contribution in [2.75, 3.05) is 0 Å². The molecule has 22 heavy (non-hydrogen) atoms. The van der Waals surface area contributed by atoms with Crippen molar-refractivity contribution >= 4 is 22.4 Å². The van der Waals surface area contributed by atoms with E-state index in [0.717, 1.165) is 24.2 Å². The molecule has 3 rings (SSSR count). The van der Waals surface area contributed by atoms with E-state index in [1.807, 2.05) is 37.3 Å². The van der Waals surface area contributed by atoms with Crippen LogP contribution in [0.5, 0.6) is 0 Å². The minimum Gasteiger partial charge on any atom is -0.252 e. The van der Waals surface area contributed by atoms with Crippen LogP contribution < -0.4 is 0 Å². The smallest absolute Gasteiger partial charge is 0.130 e. The molecular weight excluding hydrogens is 312 g/mol. The van der Waals surface area contributed by atoms with Crippen molar-refractivity contribution in [3.8, 4) is 0 Å². The van der Waals surface area contributed by atoms with Crippen LogP contribution in [0.25, 0.3) is 0 Å². The molecule has 3 atom stereocenters. The van der Waals surface area contributed by atoms with Gasteiger partial charge >= 0.3 is 0 Å². The SMILES string of the molecule is Cc1ccc(S(=O)[C@@]2(Cl)C[C@]2(C)CCc2ccccc2)cc1. The fraction of sp³-hybridized carbons (Fsp3) is 0.368. The van der Waals surface area contributed by atoms with E-state index in [1.165, 1.54) is 11.1 Å². The van der Waals surface area contributed by atoms with Gasteiger partial charge in [0.05, 0.1) is 10.8 Å². The summed E-state index contributed by atoms with van der Waals surface area (Å²) in [5.41, 5.74) is 2.43. The van der Waals surface area contributed by atoms with Gasteiger partial charge in [0.25, 0.3) is 0 Å². The zero-order valence-electron chi connectivity index (χ0n) is 13.0. The Morgan fingerprint density at radius 2 is 1.73 bits per heavy atom. The molecule has 2 aromatic rings. The lowest BCUT2D eigenvalue weighted by atomic mass is 9.99. The highest BCUT2D eigenvalue weighted by Gasteiger charge is 2.67. The lowest BCUT2D eigenvalue weighted by Crippen LogP contribution is -2.18. The van der Waals surface area contributed by atoms with Gasteiger partial charge in [0, 0.05) is 10.3 Å². The van der Waals surface area contributed by atoms with Gasteiger partial charge in [-0.1, -0.05) is 55.0 Å². The normalized spacial score (nSPS) is 28.3. The zero-order valence-corrected chi connectivity index (χ0v) is 14.6. The maximum atomic E-state index is 12.8. The Hall–Kier alpha value is -1.12. The van der Waals surface area contributed by atoms with Crippen LogP contribution in [0.15, 0.2) is 59.5 Å². The van der Waals surface area contributed by atoms with Crippen molar-refractivity contribution in [3.63, 3.8) is 0 Å². The zero-order chi connectivity index (χ0) is 15.8. The van der Waals surface area contributed by atoms with Crippen LogP contribution >= 0.6 is 11.6 Å². The number of hydrogen-bond acceptors (Lipinski definition) is 1. The average Bonchev–Trinajstić information content (AvgIpc) is 3.10. The maximum absolute atomic E-state index is 12.8. The number of aryl methyl sites for hydroxylation is 2. The lowest BCUT2D eigenvalue weighted by Gasteiger charge is -2.17. The number of benzene rings is 2. The van der Waals surface area contributed by atoms with E-state index in [4.69, 9.17) is 11.6 Å². The second-order valence-electron chi connectivity index (χ2n) is 6.53. The predicted octanol–water partition coefficient (Wildman–Crippen LogP) is 5.08. The van der Waals surface area contributed by atoms with Crippen molar-refractivity contribution < 1.29 is 4.21 Å². The van der Waals surface area contributed by atoms with E-state index in [-0.39, 0.29) is 5.41 Å². The molecule has 0 radical (unpaired) electrons. The van der Waals surface area contributed by atoms with Crippen molar-refractivity contribution in [2.45, 2.75) is 42.2 Å². The summed E-state index contributed by atoms with van der Waals surface area (Å²) in [5.74, 6) is 0. The van der Waals surface area contributed by atoms with E-state index in [0.29, 0.717) is 0 Å². The van der Waals surface area contributed by atoms with Gasteiger partial charge in [0.2, 0.25) is 0 Å². The summed E-state index contributed by atoms with van der Waals surface area (Å²) in [6.07, 6.45) is 2.77. The number of alkyl halides is 1. The third kappa shape index (κ3) is 2.87. The molecule has 1 aliphatic carbocycles. The molecule has 0 saturated heterocycles.